The number of thiophene rings is 1. The predicted octanol–water partition coefficient (Wildman–Crippen LogP) is 3.01. The predicted molar refractivity (Wildman–Crippen MR) is 90.2 cm³/mol. The molecule has 1 aromatic rings. The molecular formula is C15H25ClN2O2S. The van der Waals surface area contributed by atoms with E-state index in [1.807, 2.05) is 18.4 Å². The van der Waals surface area contributed by atoms with E-state index < -0.39 is 5.54 Å². The molecule has 0 saturated carbocycles. The van der Waals surface area contributed by atoms with Crippen molar-refractivity contribution in [1.82, 2.24) is 5.32 Å². The molecule has 3 N–H and O–H groups in total. The SMILES string of the molecule is CC(C)CC(C)(CN)NC(=O)CCC(=O)c1cccs1.Cl. The van der Waals surface area contributed by atoms with Gasteiger partial charge in [0.05, 0.1) is 4.88 Å². The number of nitrogens with one attached hydrogen (secondary N) is 1. The van der Waals surface area contributed by atoms with Gasteiger partial charge in [-0.15, -0.1) is 23.7 Å². The molecule has 120 valence electrons. The quantitative estimate of drug-likeness (QED) is 0.719. The van der Waals surface area contributed by atoms with E-state index in [0.29, 0.717) is 17.3 Å². The maximum atomic E-state index is 12.0. The Balaban J connectivity index is 0.00000400. The number of carbonyl (C=O) groups is 2. The molecule has 0 saturated heterocycles. The third-order valence-corrected chi connectivity index (χ3v) is 4.04. The third kappa shape index (κ3) is 7.07. The lowest BCUT2D eigenvalue weighted by molar-refractivity contribution is -0.122. The molecule has 0 aliphatic heterocycles. The summed E-state index contributed by atoms with van der Waals surface area (Å²) in [6.45, 7) is 6.54. The van der Waals surface area contributed by atoms with E-state index in [4.69, 9.17) is 5.73 Å². The minimum atomic E-state index is -0.392. The van der Waals surface area contributed by atoms with Gasteiger partial charge in [-0.3, -0.25) is 9.59 Å². The van der Waals surface area contributed by atoms with E-state index in [1.54, 1.807) is 6.07 Å². The van der Waals surface area contributed by atoms with Crippen LogP contribution in [0.25, 0.3) is 0 Å². The molecule has 0 spiro atoms. The molecule has 0 aromatic carbocycles. The largest absolute Gasteiger partial charge is 0.350 e. The maximum absolute atomic E-state index is 12.0. The lowest BCUT2D eigenvalue weighted by Gasteiger charge is -2.31. The van der Waals surface area contributed by atoms with Gasteiger partial charge in [0.15, 0.2) is 5.78 Å². The molecule has 0 fully saturated rings. The number of Topliss-reactive ketones (excluding diaryl/α,β-unsaturated/α-hetero) is 1. The summed E-state index contributed by atoms with van der Waals surface area (Å²) in [6, 6.07) is 3.62. The van der Waals surface area contributed by atoms with Crippen LogP contribution in [0.4, 0.5) is 0 Å². The van der Waals surface area contributed by atoms with Gasteiger partial charge in [0.25, 0.3) is 0 Å². The topological polar surface area (TPSA) is 72.2 Å². The van der Waals surface area contributed by atoms with E-state index >= 15 is 0 Å². The fraction of sp³-hybridized carbons (Fsp3) is 0.600. The number of rotatable bonds is 8. The molecule has 21 heavy (non-hydrogen) atoms. The Morgan fingerprint density at radius 3 is 2.52 bits per heavy atom. The normalized spacial score (nSPS) is 13.4. The van der Waals surface area contributed by atoms with Crippen LogP contribution < -0.4 is 11.1 Å². The summed E-state index contributed by atoms with van der Waals surface area (Å²) in [7, 11) is 0. The first-order valence-electron chi connectivity index (χ1n) is 6.94. The monoisotopic (exact) mass is 332 g/mol. The van der Waals surface area contributed by atoms with Crippen LogP contribution in [0.5, 0.6) is 0 Å². The molecule has 0 radical (unpaired) electrons. The second-order valence-electron chi connectivity index (χ2n) is 5.81. The van der Waals surface area contributed by atoms with Gasteiger partial charge in [-0.05, 0) is 30.7 Å². The highest BCUT2D eigenvalue weighted by atomic mass is 35.5. The van der Waals surface area contributed by atoms with Gasteiger partial charge in [-0.1, -0.05) is 19.9 Å². The van der Waals surface area contributed by atoms with E-state index in [-0.39, 0.29) is 36.9 Å². The van der Waals surface area contributed by atoms with Crippen LogP contribution in [-0.2, 0) is 4.79 Å². The molecule has 1 unspecified atom stereocenters. The molecular weight excluding hydrogens is 308 g/mol. The summed E-state index contributed by atoms with van der Waals surface area (Å²) in [4.78, 5) is 24.5. The first kappa shape index (κ1) is 20.1. The van der Waals surface area contributed by atoms with Crippen molar-refractivity contribution in [3.05, 3.63) is 22.4 Å². The van der Waals surface area contributed by atoms with Crippen molar-refractivity contribution in [3.8, 4) is 0 Å². The number of amides is 1. The van der Waals surface area contributed by atoms with Gasteiger partial charge < -0.3 is 11.1 Å². The zero-order valence-corrected chi connectivity index (χ0v) is 14.5. The Labute approximate surface area is 136 Å². The second kappa shape index (κ2) is 9.18. The molecule has 0 aliphatic rings. The number of nitrogens with two attached hydrogens (primary N) is 1. The van der Waals surface area contributed by atoms with Crippen molar-refractivity contribution in [2.24, 2.45) is 11.7 Å². The van der Waals surface area contributed by atoms with Crippen molar-refractivity contribution in [2.45, 2.75) is 45.6 Å². The first-order valence-corrected chi connectivity index (χ1v) is 7.82. The summed E-state index contributed by atoms with van der Waals surface area (Å²) in [5.74, 6) is 0.369. The summed E-state index contributed by atoms with van der Waals surface area (Å²) >= 11 is 1.41. The van der Waals surface area contributed by atoms with Crippen molar-refractivity contribution < 1.29 is 9.59 Å². The average Bonchev–Trinajstić information content (AvgIpc) is 2.88. The highest BCUT2D eigenvalue weighted by molar-refractivity contribution is 7.12. The average molecular weight is 333 g/mol. The number of ketones is 1. The van der Waals surface area contributed by atoms with Gasteiger partial charge in [0.2, 0.25) is 5.91 Å². The zero-order chi connectivity index (χ0) is 15.2. The van der Waals surface area contributed by atoms with Gasteiger partial charge in [-0.2, -0.15) is 0 Å². The lowest BCUT2D eigenvalue weighted by atomic mass is 9.90. The fourth-order valence-corrected chi connectivity index (χ4v) is 2.97. The van der Waals surface area contributed by atoms with E-state index in [9.17, 15) is 9.59 Å². The molecule has 1 atom stereocenters. The van der Waals surface area contributed by atoms with Gasteiger partial charge in [0.1, 0.15) is 0 Å². The van der Waals surface area contributed by atoms with E-state index in [2.05, 4.69) is 19.2 Å². The molecule has 4 nitrogen and oxygen atoms in total. The molecule has 1 aromatic heterocycles. The van der Waals surface area contributed by atoms with Crippen molar-refractivity contribution in [1.29, 1.82) is 0 Å². The zero-order valence-electron chi connectivity index (χ0n) is 12.8. The van der Waals surface area contributed by atoms with Gasteiger partial charge in [0, 0.05) is 24.9 Å². The van der Waals surface area contributed by atoms with Gasteiger partial charge in [-0.25, -0.2) is 0 Å². The minimum Gasteiger partial charge on any atom is -0.350 e. The van der Waals surface area contributed by atoms with Crippen LogP contribution in [0.1, 0.15) is 49.7 Å². The third-order valence-electron chi connectivity index (χ3n) is 3.13. The molecule has 1 heterocycles. The Bertz CT molecular complexity index is 449. The van der Waals surface area contributed by atoms with Gasteiger partial charge >= 0.3 is 0 Å². The molecule has 6 heteroatoms. The Morgan fingerprint density at radius 2 is 2.05 bits per heavy atom. The van der Waals surface area contributed by atoms with E-state index in [0.717, 1.165) is 6.42 Å². The number of halogens is 1. The maximum Gasteiger partial charge on any atom is 0.220 e. The van der Waals surface area contributed by atoms with Crippen LogP contribution in [0.3, 0.4) is 0 Å². The van der Waals surface area contributed by atoms with Crippen LogP contribution in [0.15, 0.2) is 17.5 Å². The van der Waals surface area contributed by atoms with Crippen LogP contribution in [0, 0.1) is 5.92 Å². The molecule has 1 amide bonds. The smallest absolute Gasteiger partial charge is 0.220 e. The molecule has 1 rings (SSSR count). The molecule has 0 bridgehead atoms. The Hall–Kier alpha value is -0.910. The first-order chi connectivity index (χ1) is 9.36. The summed E-state index contributed by atoms with van der Waals surface area (Å²) < 4.78 is 0. The summed E-state index contributed by atoms with van der Waals surface area (Å²) in [5.41, 5.74) is 5.37. The number of hydrogen-bond acceptors (Lipinski definition) is 4. The standard InChI is InChI=1S/C15H24N2O2S.ClH/c1-11(2)9-15(3,10-16)17-14(19)7-6-12(18)13-5-4-8-20-13;/h4-5,8,11H,6-7,9-10,16H2,1-3H3,(H,17,19);1H. The second-order valence-corrected chi connectivity index (χ2v) is 6.76. The summed E-state index contributed by atoms with van der Waals surface area (Å²) in [6.07, 6.45) is 1.28. The number of carbonyl (C=O) groups excluding carboxylic acids is 2. The Kier molecular flexibility index (Phi) is 8.78. The fourth-order valence-electron chi connectivity index (χ4n) is 2.27. The highest BCUT2D eigenvalue weighted by Gasteiger charge is 2.25. The van der Waals surface area contributed by atoms with Crippen molar-refractivity contribution >= 4 is 35.4 Å². The van der Waals surface area contributed by atoms with E-state index in [1.165, 1.54) is 11.3 Å². The lowest BCUT2D eigenvalue weighted by Crippen LogP contribution is -2.52. The highest BCUT2D eigenvalue weighted by Crippen LogP contribution is 2.16. The van der Waals surface area contributed by atoms with Crippen LogP contribution in [-0.4, -0.2) is 23.8 Å². The Morgan fingerprint density at radius 1 is 1.38 bits per heavy atom. The van der Waals surface area contributed by atoms with Crippen molar-refractivity contribution in [3.63, 3.8) is 0 Å². The summed E-state index contributed by atoms with van der Waals surface area (Å²) in [5, 5.41) is 4.82. The molecule has 0 aliphatic carbocycles. The number of hydrogen-bond donors (Lipinski definition) is 2. The minimum absolute atomic E-state index is 0. The van der Waals surface area contributed by atoms with Crippen LogP contribution in [0.2, 0.25) is 0 Å². The van der Waals surface area contributed by atoms with Crippen LogP contribution >= 0.6 is 23.7 Å². The van der Waals surface area contributed by atoms with Crippen molar-refractivity contribution in [2.75, 3.05) is 6.54 Å².